The van der Waals surface area contributed by atoms with Gasteiger partial charge in [-0.2, -0.15) is 0 Å². The summed E-state index contributed by atoms with van der Waals surface area (Å²) in [7, 11) is 0. The summed E-state index contributed by atoms with van der Waals surface area (Å²) in [4.78, 5) is 0. The van der Waals surface area contributed by atoms with Gasteiger partial charge in [0.15, 0.2) is 0 Å². The van der Waals surface area contributed by atoms with Crippen molar-refractivity contribution in [3.63, 3.8) is 0 Å². The van der Waals surface area contributed by atoms with Crippen LogP contribution in [-0.2, 0) is 0 Å². The maximum absolute atomic E-state index is 1.56. The van der Waals surface area contributed by atoms with Crippen molar-refractivity contribution in [1.29, 1.82) is 0 Å². The molecule has 2 aliphatic rings. The molecule has 0 unspecified atom stereocenters. The smallest absolute Gasteiger partial charge is 0.0386 e. The summed E-state index contributed by atoms with van der Waals surface area (Å²) >= 11 is 0. The summed E-state index contributed by atoms with van der Waals surface area (Å²) in [6.07, 6.45) is 6.24. The fourth-order valence-electron chi connectivity index (χ4n) is 1.56. The summed E-state index contributed by atoms with van der Waals surface area (Å²) in [5.74, 6) is 2.43. The standard InChI is InChI=1S/C6H10.ClH/c1-2-6-4-3-5(1)6;/h5-6H,1-4H2;1H. The average Bonchev–Trinajstić information content (AvgIpc) is 1.54. The van der Waals surface area contributed by atoms with E-state index < -0.39 is 0 Å². The zero-order valence-electron chi connectivity index (χ0n) is 4.39. The van der Waals surface area contributed by atoms with Gasteiger partial charge in [-0.1, -0.05) is 0 Å². The molecule has 0 aliphatic heterocycles. The molecule has 0 atom stereocenters. The van der Waals surface area contributed by atoms with E-state index in [4.69, 9.17) is 0 Å². The lowest BCUT2D eigenvalue weighted by atomic mass is 9.60. The molecule has 2 fully saturated rings. The van der Waals surface area contributed by atoms with Gasteiger partial charge in [0.25, 0.3) is 0 Å². The summed E-state index contributed by atoms with van der Waals surface area (Å²) in [5.41, 5.74) is 0. The molecule has 0 aromatic heterocycles. The minimum absolute atomic E-state index is 0. The number of fused-ring (bicyclic) bond motifs is 1. The highest BCUT2D eigenvalue weighted by Crippen LogP contribution is 2.49. The van der Waals surface area contributed by atoms with E-state index >= 15 is 0 Å². The Balaban J connectivity index is 0.000000245. The topological polar surface area (TPSA) is 0 Å². The van der Waals surface area contributed by atoms with Crippen molar-refractivity contribution in [2.75, 3.05) is 0 Å². The molecule has 0 N–H and O–H groups in total. The number of halogens is 1. The highest BCUT2D eigenvalue weighted by molar-refractivity contribution is 5.85. The first kappa shape index (κ1) is 5.43. The van der Waals surface area contributed by atoms with Crippen LogP contribution in [0.2, 0.25) is 0 Å². The zero-order chi connectivity index (χ0) is 3.98. The largest absolute Gasteiger partial charge is 0.147 e. The molecule has 0 aromatic rings. The fourth-order valence-corrected chi connectivity index (χ4v) is 1.56. The second kappa shape index (κ2) is 1.66. The van der Waals surface area contributed by atoms with Gasteiger partial charge in [0.2, 0.25) is 0 Å². The van der Waals surface area contributed by atoms with Gasteiger partial charge < -0.3 is 0 Å². The highest BCUT2D eigenvalue weighted by atomic mass is 35.5. The third kappa shape index (κ3) is 0.567. The first-order valence-electron chi connectivity index (χ1n) is 2.97. The van der Waals surface area contributed by atoms with Crippen LogP contribution >= 0.6 is 12.4 Å². The molecule has 0 nitrogen and oxygen atoms in total. The van der Waals surface area contributed by atoms with E-state index in [1.807, 2.05) is 0 Å². The summed E-state index contributed by atoms with van der Waals surface area (Å²) < 4.78 is 0. The average molecular weight is 119 g/mol. The van der Waals surface area contributed by atoms with Crippen molar-refractivity contribution < 1.29 is 0 Å². The molecule has 0 amide bonds. The lowest BCUT2D eigenvalue weighted by Gasteiger charge is -2.46. The molecule has 7 heavy (non-hydrogen) atoms. The van der Waals surface area contributed by atoms with Gasteiger partial charge in [0.05, 0.1) is 0 Å². The minimum atomic E-state index is 0. The Bertz CT molecular complexity index is 52.6. The second-order valence-corrected chi connectivity index (χ2v) is 2.67. The van der Waals surface area contributed by atoms with Crippen molar-refractivity contribution in [3.8, 4) is 0 Å². The van der Waals surface area contributed by atoms with Gasteiger partial charge in [0, 0.05) is 0 Å². The summed E-state index contributed by atoms with van der Waals surface area (Å²) in [5, 5.41) is 0. The van der Waals surface area contributed by atoms with Crippen molar-refractivity contribution >= 4 is 12.4 Å². The van der Waals surface area contributed by atoms with Crippen LogP contribution in [-0.4, -0.2) is 0 Å². The normalized spacial score (nSPS) is 44.6. The Kier molecular flexibility index (Phi) is 1.29. The van der Waals surface area contributed by atoms with Crippen LogP contribution in [0.5, 0.6) is 0 Å². The number of hydrogen-bond acceptors (Lipinski definition) is 0. The van der Waals surface area contributed by atoms with Gasteiger partial charge in [0.1, 0.15) is 0 Å². The van der Waals surface area contributed by atoms with Gasteiger partial charge in [-0.3, -0.25) is 0 Å². The van der Waals surface area contributed by atoms with Crippen LogP contribution in [0.4, 0.5) is 0 Å². The molecule has 0 heterocycles. The zero-order valence-corrected chi connectivity index (χ0v) is 5.21. The van der Waals surface area contributed by atoms with Crippen molar-refractivity contribution in [2.45, 2.75) is 25.7 Å². The number of rotatable bonds is 0. The van der Waals surface area contributed by atoms with Gasteiger partial charge >= 0.3 is 0 Å². The molecule has 0 spiro atoms. The van der Waals surface area contributed by atoms with E-state index in [9.17, 15) is 0 Å². The Labute approximate surface area is 50.7 Å². The second-order valence-electron chi connectivity index (χ2n) is 2.67. The van der Waals surface area contributed by atoms with Gasteiger partial charge in [-0.05, 0) is 37.5 Å². The Morgan fingerprint density at radius 2 is 1.00 bits per heavy atom. The van der Waals surface area contributed by atoms with E-state index in [1.165, 1.54) is 11.8 Å². The predicted molar refractivity (Wildman–Crippen MR) is 32.7 cm³/mol. The lowest BCUT2D eigenvalue weighted by molar-refractivity contribution is 0.0548. The Morgan fingerprint density at radius 1 is 0.714 bits per heavy atom. The third-order valence-corrected chi connectivity index (χ3v) is 2.48. The highest BCUT2D eigenvalue weighted by Gasteiger charge is 2.37. The van der Waals surface area contributed by atoms with Gasteiger partial charge in [-0.15, -0.1) is 12.4 Å². The molecule has 1 heteroatoms. The van der Waals surface area contributed by atoms with E-state index in [1.54, 1.807) is 25.7 Å². The molecule has 2 aliphatic carbocycles. The summed E-state index contributed by atoms with van der Waals surface area (Å²) in [6, 6.07) is 0. The van der Waals surface area contributed by atoms with Crippen LogP contribution in [0.1, 0.15) is 25.7 Å². The maximum Gasteiger partial charge on any atom is -0.0386 e. The molecule has 2 saturated carbocycles. The maximum atomic E-state index is 1.56. The van der Waals surface area contributed by atoms with Crippen LogP contribution in [0.25, 0.3) is 0 Å². The monoisotopic (exact) mass is 118 g/mol. The first-order chi connectivity index (χ1) is 2.97. The molecule has 0 aromatic carbocycles. The van der Waals surface area contributed by atoms with Gasteiger partial charge in [-0.25, -0.2) is 0 Å². The van der Waals surface area contributed by atoms with Crippen molar-refractivity contribution in [3.05, 3.63) is 0 Å². The fraction of sp³-hybridized carbons (Fsp3) is 1.00. The van der Waals surface area contributed by atoms with Crippen LogP contribution in [0.15, 0.2) is 0 Å². The predicted octanol–water partition coefficient (Wildman–Crippen LogP) is 2.23. The minimum Gasteiger partial charge on any atom is -0.147 e. The third-order valence-electron chi connectivity index (χ3n) is 2.48. The van der Waals surface area contributed by atoms with Crippen LogP contribution < -0.4 is 0 Å². The molecule has 2 rings (SSSR count). The van der Waals surface area contributed by atoms with E-state index in [0.29, 0.717) is 0 Å². The molecule has 0 bridgehead atoms. The Morgan fingerprint density at radius 3 is 1.00 bits per heavy atom. The van der Waals surface area contributed by atoms with Crippen molar-refractivity contribution in [2.24, 2.45) is 11.8 Å². The SMILES string of the molecule is C1CC2CCC12.Cl. The van der Waals surface area contributed by atoms with Crippen LogP contribution in [0.3, 0.4) is 0 Å². The summed E-state index contributed by atoms with van der Waals surface area (Å²) in [6.45, 7) is 0. The molecular formula is C6H11Cl. The molecule has 42 valence electrons. The molecule has 0 radical (unpaired) electrons. The van der Waals surface area contributed by atoms with Crippen molar-refractivity contribution in [1.82, 2.24) is 0 Å². The van der Waals surface area contributed by atoms with E-state index in [2.05, 4.69) is 0 Å². The quantitative estimate of drug-likeness (QED) is 0.458. The first-order valence-corrected chi connectivity index (χ1v) is 2.97. The van der Waals surface area contributed by atoms with Crippen LogP contribution in [0, 0.1) is 11.8 Å². The van der Waals surface area contributed by atoms with E-state index in [0.717, 1.165) is 0 Å². The Hall–Kier alpha value is 0.290. The molecular weight excluding hydrogens is 108 g/mol. The van der Waals surface area contributed by atoms with E-state index in [-0.39, 0.29) is 12.4 Å². The number of hydrogen-bond donors (Lipinski definition) is 0. The lowest BCUT2D eigenvalue weighted by Crippen LogP contribution is -2.34. The molecule has 0 saturated heterocycles.